The van der Waals surface area contributed by atoms with Crippen LogP contribution in [0.15, 0.2) is 16.8 Å². The number of rotatable bonds is 6. The summed E-state index contributed by atoms with van der Waals surface area (Å²) in [6.07, 6.45) is 2.16. The summed E-state index contributed by atoms with van der Waals surface area (Å²) >= 11 is 1.69. The first kappa shape index (κ1) is 15.8. The van der Waals surface area contributed by atoms with Crippen LogP contribution in [0.4, 0.5) is 0 Å². The van der Waals surface area contributed by atoms with Crippen molar-refractivity contribution in [3.8, 4) is 0 Å². The van der Waals surface area contributed by atoms with Gasteiger partial charge in [0.1, 0.15) is 0 Å². The SMILES string of the molecule is Cc1nn(C)c(C)c1CCC(=O)NC(C)Cc1ccsc1. The molecule has 0 radical (unpaired) electrons. The van der Waals surface area contributed by atoms with Gasteiger partial charge in [0.05, 0.1) is 5.69 Å². The van der Waals surface area contributed by atoms with E-state index in [1.807, 2.05) is 25.6 Å². The molecule has 4 nitrogen and oxygen atoms in total. The first-order chi connectivity index (χ1) is 9.97. The van der Waals surface area contributed by atoms with Crippen LogP contribution < -0.4 is 5.32 Å². The van der Waals surface area contributed by atoms with Crippen molar-refractivity contribution in [1.82, 2.24) is 15.1 Å². The summed E-state index contributed by atoms with van der Waals surface area (Å²) in [5.74, 6) is 0.111. The van der Waals surface area contributed by atoms with Crippen molar-refractivity contribution < 1.29 is 4.79 Å². The third-order valence-corrected chi connectivity index (χ3v) is 4.52. The minimum absolute atomic E-state index is 0.111. The van der Waals surface area contributed by atoms with Gasteiger partial charge in [-0.25, -0.2) is 0 Å². The Bertz CT molecular complexity index is 601. The van der Waals surface area contributed by atoms with Crippen molar-refractivity contribution in [2.24, 2.45) is 7.05 Å². The Morgan fingerprint density at radius 2 is 2.24 bits per heavy atom. The minimum Gasteiger partial charge on any atom is -0.353 e. The number of hydrogen-bond acceptors (Lipinski definition) is 3. The molecule has 0 aliphatic carbocycles. The maximum atomic E-state index is 12.0. The van der Waals surface area contributed by atoms with Crippen molar-refractivity contribution in [2.45, 2.75) is 46.1 Å². The molecule has 0 aliphatic heterocycles. The van der Waals surface area contributed by atoms with Gasteiger partial charge in [-0.2, -0.15) is 16.4 Å². The summed E-state index contributed by atoms with van der Waals surface area (Å²) in [5.41, 5.74) is 4.64. The predicted octanol–water partition coefficient (Wildman–Crippen LogP) is 2.78. The maximum absolute atomic E-state index is 12.0. The van der Waals surface area contributed by atoms with Crippen LogP contribution in [-0.4, -0.2) is 21.7 Å². The van der Waals surface area contributed by atoms with E-state index < -0.39 is 0 Å². The molecule has 0 bridgehead atoms. The molecule has 1 N–H and O–H groups in total. The third-order valence-electron chi connectivity index (χ3n) is 3.79. The standard InChI is InChI=1S/C16H23N3OS/c1-11(9-14-7-8-21-10-14)17-16(20)6-5-15-12(2)18-19(4)13(15)3/h7-8,10-11H,5-6,9H2,1-4H3,(H,17,20). The van der Waals surface area contributed by atoms with Crippen LogP contribution in [0.2, 0.25) is 0 Å². The predicted molar refractivity (Wildman–Crippen MR) is 86.6 cm³/mol. The van der Waals surface area contributed by atoms with Crippen LogP contribution in [0.1, 0.15) is 35.9 Å². The van der Waals surface area contributed by atoms with Gasteiger partial charge in [-0.1, -0.05) is 0 Å². The largest absolute Gasteiger partial charge is 0.353 e. The van der Waals surface area contributed by atoms with Crippen molar-refractivity contribution in [2.75, 3.05) is 0 Å². The van der Waals surface area contributed by atoms with Crippen LogP contribution in [0.25, 0.3) is 0 Å². The molecule has 0 aliphatic rings. The minimum atomic E-state index is 0.111. The summed E-state index contributed by atoms with van der Waals surface area (Å²) in [6.45, 7) is 6.10. The highest BCUT2D eigenvalue weighted by molar-refractivity contribution is 7.07. The molecular weight excluding hydrogens is 282 g/mol. The summed E-state index contributed by atoms with van der Waals surface area (Å²) < 4.78 is 1.88. The molecule has 1 amide bonds. The normalized spacial score (nSPS) is 12.4. The lowest BCUT2D eigenvalue weighted by Crippen LogP contribution is -2.34. The van der Waals surface area contributed by atoms with E-state index in [1.54, 1.807) is 11.3 Å². The average molecular weight is 305 g/mol. The van der Waals surface area contributed by atoms with Gasteiger partial charge in [-0.3, -0.25) is 9.48 Å². The Morgan fingerprint density at radius 3 is 2.81 bits per heavy atom. The van der Waals surface area contributed by atoms with E-state index in [9.17, 15) is 4.79 Å². The number of aromatic nitrogens is 2. The number of nitrogens with zero attached hydrogens (tertiary/aromatic N) is 2. The Morgan fingerprint density at radius 1 is 1.48 bits per heavy atom. The van der Waals surface area contributed by atoms with E-state index in [0.717, 1.165) is 24.2 Å². The van der Waals surface area contributed by atoms with E-state index in [0.29, 0.717) is 6.42 Å². The molecule has 1 atom stereocenters. The molecule has 2 aromatic heterocycles. The number of thiophene rings is 1. The first-order valence-electron chi connectivity index (χ1n) is 7.27. The van der Waals surface area contributed by atoms with Crippen LogP contribution in [0.5, 0.6) is 0 Å². The monoisotopic (exact) mass is 305 g/mol. The molecule has 0 fully saturated rings. The van der Waals surface area contributed by atoms with E-state index >= 15 is 0 Å². The lowest BCUT2D eigenvalue weighted by atomic mass is 10.1. The molecule has 1 unspecified atom stereocenters. The van der Waals surface area contributed by atoms with Crippen molar-refractivity contribution in [1.29, 1.82) is 0 Å². The molecule has 2 rings (SSSR count). The molecule has 0 saturated heterocycles. The number of hydrogen-bond donors (Lipinski definition) is 1. The second-order valence-electron chi connectivity index (χ2n) is 5.58. The molecule has 0 saturated carbocycles. The molecule has 21 heavy (non-hydrogen) atoms. The Hall–Kier alpha value is -1.62. The summed E-state index contributed by atoms with van der Waals surface area (Å²) in [5, 5.41) is 11.7. The average Bonchev–Trinajstić information content (AvgIpc) is 2.98. The van der Waals surface area contributed by atoms with Gasteiger partial charge in [0.15, 0.2) is 0 Å². The van der Waals surface area contributed by atoms with E-state index in [1.165, 1.54) is 11.1 Å². The fourth-order valence-electron chi connectivity index (χ4n) is 2.58. The van der Waals surface area contributed by atoms with Crippen molar-refractivity contribution >= 4 is 17.2 Å². The van der Waals surface area contributed by atoms with Gasteiger partial charge in [-0.15, -0.1) is 0 Å². The summed E-state index contributed by atoms with van der Waals surface area (Å²) in [4.78, 5) is 12.0. The zero-order chi connectivity index (χ0) is 15.4. The van der Waals surface area contributed by atoms with Crippen molar-refractivity contribution in [3.05, 3.63) is 39.3 Å². The molecule has 2 heterocycles. The van der Waals surface area contributed by atoms with E-state index in [-0.39, 0.29) is 11.9 Å². The fourth-order valence-corrected chi connectivity index (χ4v) is 3.26. The summed E-state index contributed by atoms with van der Waals surface area (Å²) in [6, 6.07) is 2.28. The first-order valence-corrected chi connectivity index (χ1v) is 8.21. The Balaban J connectivity index is 1.82. The molecule has 114 valence electrons. The van der Waals surface area contributed by atoms with Gasteiger partial charge in [-0.05, 0) is 61.6 Å². The summed E-state index contributed by atoms with van der Waals surface area (Å²) in [7, 11) is 1.94. The Labute approximate surface area is 130 Å². The third kappa shape index (κ3) is 4.17. The van der Waals surface area contributed by atoms with Gasteiger partial charge in [0.2, 0.25) is 5.91 Å². The number of carbonyl (C=O) groups excluding carboxylic acids is 1. The van der Waals surface area contributed by atoms with Gasteiger partial charge >= 0.3 is 0 Å². The topological polar surface area (TPSA) is 46.9 Å². The van der Waals surface area contributed by atoms with Crippen LogP contribution in [-0.2, 0) is 24.7 Å². The number of aryl methyl sites for hydroxylation is 2. The molecule has 5 heteroatoms. The van der Waals surface area contributed by atoms with E-state index in [4.69, 9.17) is 0 Å². The lowest BCUT2D eigenvalue weighted by Gasteiger charge is -2.13. The van der Waals surface area contributed by atoms with Gasteiger partial charge < -0.3 is 5.32 Å². The molecular formula is C16H23N3OS. The van der Waals surface area contributed by atoms with Crippen LogP contribution in [0.3, 0.4) is 0 Å². The second-order valence-corrected chi connectivity index (χ2v) is 6.36. The highest BCUT2D eigenvalue weighted by Crippen LogP contribution is 2.14. The number of carbonyl (C=O) groups is 1. The Kier molecular flexibility index (Phi) is 5.17. The van der Waals surface area contributed by atoms with Gasteiger partial charge in [0, 0.05) is 25.2 Å². The molecule has 0 spiro atoms. The van der Waals surface area contributed by atoms with Gasteiger partial charge in [0.25, 0.3) is 0 Å². The highest BCUT2D eigenvalue weighted by atomic mass is 32.1. The second kappa shape index (κ2) is 6.89. The lowest BCUT2D eigenvalue weighted by molar-refractivity contribution is -0.121. The van der Waals surface area contributed by atoms with Crippen LogP contribution >= 0.6 is 11.3 Å². The molecule has 2 aromatic rings. The van der Waals surface area contributed by atoms with Crippen LogP contribution in [0, 0.1) is 13.8 Å². The fraction of sp³-hybridized carbons (Fsp3) is 0.500. The number of nitrogens with one attached hydrogen (secondary N) is 1. The van der Waals surface area contributed by atoms with E-state index in [2.05, 4.69) is 34.2 Å². The number of amides is 1. The van der Waals surface area contributed by atoms with Crippen molar-refractivity contribution in [3.63, 3.8) is 0 Å². The smallest absolute Gasteiger partial charge is 0.220 e. The molecule has 0 aromatic carbocycles. The highest BCUT2D eigenvalue weighted by Gasteiger charge is 2.13. The zero-order valence-corrected chi connectivity index (χ0v) is 14.0. The maximum Gasteiger partial charge on any atom is 0.220 e. The zero-order valence-electron chi connectivity index (χ0n) is 13.1. The quantitative estimate of drug-likeness (QED) is 0.892.